The summed E-state index contributed by atoms with van der Waals surface area (Å²) in [5.74, 6) is 0.359. The molecule has 23 heavy (non-hydrogen) atoms. The van der Waals surface area contributed by atoms with E-state index in [1.807, 2.05) is 13.8 Å². The first kappa shape index (κ1) is 17.2. The molecule has 1 atom stereocenters. The summed E-state index contributed by atoms with van der Waals surface area (Å²) in [5.41, 5.74) is 1.15. The summed E-state index contributed by atoms with van der Waals surface area (Å²) >= 11 is 0. The van der Waals surface area contributed by atoms with Gasteiger partial charge in [0.25, 0.3) is 5.69 Å². The third kappa shape index (κ3) is 4.41. The SMILES string of the molecule is CCOCC1CCN(C(=O)Nc2ccc(CC)c([N+](=O)[O-])c2)C1. The van der Waals surface area contributed by atoms with Crippen LogP contribution >= 0.6 is 0 Å². The lowest BCUT2D eigenvalue weighted by atomic mass is 10.1. The topological polar surface area (TPSA) is 84.7 Å². The van der Waals surface area contributed by atoms with Crippen LogP contribution in [0.15, 0.2) is 18.2 Å². The highest BCUT2D eigenvalue weighted by Crippen LogP contribution is 2.24. The molecule has 0 aromatic heterocycles. The first-order valence-corrected chi connectivity index (χ1v) is 7.96. The van der Waals surface area contributed by atoms with E-state index in [0.29, 0.717) is 49.9 Å². The molecular weight excluding hydrogens is 298 g/mol. The molecule has 2 rings (SSSR count). The van der Waals surface area contributed by atoms with Crippen molar-refractivity contribution >= 4 is 17.4 Å². The number of ether oxygens (including phenoxy) is 1. The molecule has 1 aliphatic heterocycles. The minimum absolute atomic E-state index is 0.0425. The van der Waals surface area contributed by atoms with E-state index in [1.54, 1.807) is 17.0 Å². The molecule has 1 fully saturated rings. The Morgan fingerprint density at radius 1 is 1.48 bits per heavy atom. The zero-order valence-corrected chi connectivity index (χ0v) is 13.6. The second-order valence-electron chi connectivity index (χ2n) is 5.64. The second-order valence-corrected chi connectivity index (χ2v) is 5.64. The summed E-state index contributed by atoms with van der Waals surface area (Å²) in [7, 11) is 0. The van der Waals surface area contributed by atoms with E-state index in [9.17, 15) is 14.9 Å². The average Bonchev–Trinajstić information content (AvgIpc) is 3.01. The summed E-state index contributed by atoms with van der Waals surface area (Å²) in [6.07, 6.45) is 1.50. The van der Waals surface area contributed by atoms with Gasteiger partial charge < -0.3 is 15.0 Å². The second kappa shape index (κ2) is 7.92. The van der Waals surface area contributed by atoms with Gasteiger partial charge in [0, 0.05) is 42.9 Å². The molecule has 0 aliphatic carbocycles. The first-order chi connectivity index (χ1) is 11.0. The number of rotatable bonds is 6. The van der Waals surface area contributed by atoms with E-state index in [4.69, 9.17) is 4.74 Å². The molecule has 1 N–H and O–H groups in total. The Bertz CT molecular complexity index is 576. The lowest BCUT2D eigenvalue weighted by molar-refractivity contribution is -0.385. The van der Waals surface area contributed by atoms with Crippen LogP contribution < -0.4 is 5.32 Å². The maximum Gasteiger partial charge on any atom is 0.321 e. The number of nitro benzene ring substituents is 1. The normalized spacial score (nSPS) is 17.3. The summed E-state index contributed by atoms with van der Waals surface area (Å²) in [6.45, 7) is 6.49. The molecule has 7 heteroatoms. The number of hydrogen-bond acceptors (Lipinski definition) is 4. The van der Waals surface area contributed by atoms with Gasteiger partial charge in [0.15, 0.2) is 0 Å². The fourth-order valence-electron chi connectivity index (χ4n) is 2.75. The number of nitrogens with zero attached hydrogens (tertiary/aromatic N) is 2. The molecule has 1 saturated heterocycles. The van der Waals surface area contributed by atoms with Crippen molar-refractivity contribution in [3.05, 3.63) is 33.9 Å². The highest BCUT2D eigenvalue weighted by molar-refractivity contribution is 5.90. The number of carbonyl (C=O) groups is 1. The van der Waals surface area contributed by atoms with E-state index in [2.05, 4.69) is 5.32 Å². The maximum absolute atomic E-state index is 12.3. The zero-order valence-electron chi connectivity index (χ0n) is 13.6. The van der Waals surface area contributed by atoms with E-state index in [0.717, 1.165) is 6.42 Å². The van der Waals surface area contributed by atoms with Crippen molar-refractivity contribution in [1.82, 2.24) is 4.90 Å². The van der Waals surface area contributed by atoms with E-state index < -0.39 is 4.92 Å². The van der Waals surface area contributed by atoms with Gasteiger partial charge in [-0.2, -0.15) is 0 Å². The Balaban J connectivity index is 1.98. The number of nitrogens with one attached hydrogen (secondary N) is 1. The quantitative estimate of drug-likeness (QED) is 0.644. The van der Waals surface area contributed by atoms with Crippen LogP contribution in [-0.2, 0) is 11.2 Å². The van der Waals surface area contributed by atoms with Crippen LogP contribution in [-0.4, -0.2) is 42.2 Å². The number of benzene rings is 1. The highest BCUT2D eigenvalue weighted by Gasteiger charge is 2.26. The molecule has 1 unspecified atom stereocenters. The van der Waals surface area contributed by atoms with Gasteiger partial charge in [0.2, 0.25) is 0 Å². The number of likely N-dealkylation sites (tertiary alicyclic amines) is 1. The lowest BCUT2D eigenvalue weighted by Crippen LogP contribution is -2.33. The Morgan fingerprint density at radius 2 is 2.26 bits per heavy atom. The van der Waals surface area contributed by atoms with Gasteiger partial charge in [-0.25, -0.2) is 4.79 Å². The monoisotopic (exact) mass is 321 g/mol. The smallest absolute Gasteiger partial charge is 0.321 e. The average molecular weight is 321 g/mol. The molecular formula is C16H23N3O4. The largest absolute Gasteiger partial charge is 0.381 e. The van der Waals surface area contributed by atoms with E-state index in [-0.39, 0.29) is 11.7 Å². The summed E-state index contributed by atoms with van der Waals surface area (Å²) in [4.78, 5) is 24.7. The molecule has 0 radical (unpaired) electrons. The minimum Gasteiger partial charge on any atom is -0.381 e. The van der Waals surface area contributed by atoms with Crippen LogP contribution in [0.4, 0.5) is 16.2 Å². The Labute approximate surface area is 135 Å². The molecule has 126 valence electrons. The van der Waals surface area contributed by atoms with Gasteiger partial charge >= 0.3 is 6.03 Å². The summed E-state index contributed by atoms with van der Waals surface area (Å²) in [5, 5.41) is 13.8. The number of nitro groups is 1. The van der Waals surface area contributed by atoms with Crippen molar-refractivity contribution in [3.63, 3.8) is 0 Å². The van der Waals surface area contributed by atoms with Crippen LogP contribution in [0.3, 0.4) is 0 Å². The molecule has 1 aromatic carbocycles. The third-order valence-electron chi connectivity index (χ3n) is 4.04. The van der Waals surface area contributed by atoms with Gasteiger partial charge in [-0.15, -0.1) is 0 Å². The highest BCUT2D eigenvalue weighted by atomic mass is 16.6. The number of urea groups is 1. The fourth-order valence-corrected chi connectivity index (χ4v) is 2.75. The van der Waals surface area contributed by atoms with Gasteiger partial charge in [-0.05, 0) is 25.8 Å². The zero-order chi connectivity index (χ0) is 16.8. The molecule has 2 amide bonds. The van der Waals surface area contributed by atoms with Crippen LogP contribution in [0.1, 0.15) is 25.8 Å². The van der Waals surface area contributed by atoms with Crippen LogP contribution in [0.25, 0.3) is 0 Å². The lowest BCUT2D eigenvalue weighted by Gasteiger charge is -2.17. The van der Waals surface area contributed by atoms with Gasteiger partial charge in [-0.3, -0.25) is 10.1 Å². The number of amides is 2. The van der Waals surface area contributed by atoms with Gasteiger partial charge in [0.05, 0.1) is 11.5 Å². The van der Waals surface area contributed by atoms with Crippen molar-refractivity contribution in [1.29, 1.82) is 0 Å². The number of hydrogen-bond donors (Lipinski definition) is 1. The van der Waals surface area contributed by atoms with Crippen LogP contribution in [0, 0.1) is 16.0 Å². The summed E-state index contributed by atoms with van der Waals surface area (Å²) in [6, 6.07) is 4.60. The molecule has 7 nitrogen and oxygen atoms in total. The predicted octanol–water partition coefficient (Wildman–Crippen LogP) is 3.05. The van der Waals surface area contributed by atoms with Crippen LogP contribution in [0.5, 0.6) is 0 Å². The maximum atomic E-state index is 12.3. The minimum atomic E-state index is -0.414. The summed E-state index contributed by atoms with van der Waals surface area (Å²) < 4.78 is 5.40. The van der Waals surface area contributed by atoms with Crippen molar-refractivity contribution in [3.8, 4) is 0 Å². The van der Waals surface area contributed by atoms with E-state index >= 15 is 0 Å². The predicted molar refractivity (Wildman–Crippen MR) is 87.7 cm³/mol. The number of carbonyl (C=O) groups excluding carboxylic acids is 1. The Hall–Kier alpha value is -2.15. The first-order valence-electron chi connectivity index (χ1n) is 7.96. The molecule has 1 heterocycles. The standard InChI is InChI=1S/C16H23N3O4/c1-3-13-5-6-14(9-15(13)19(21)22)17-16(20)18-8-7-12(10-18)11-23-4-2/h5-6,9,12H,3-4,7-8,10-11H2,1-2H3,(H,17,20). The Morgan fingerprint density at radius 3 is 2.91 bits per heavy atom. The number of aryl methyl sites for hydroxylation is 1. The van der Waals surface area contributed by atoms with Crippen molar-refractivity contribution < 1.29 is 14.5 Å². The molecule has 0 saturated carbocycles. The molecule has 0 bridgehead atoms. The van der Waals surface area contributed by atoms with Gasteiger partial charge in [-0.1, -0.05) is 13.0 Å². The van der Waals surface area contributed by atoms with Gasteiger partial charge in [0.1, 0.15) is 0 Å². The third-order valence-corrected chi connectivity index (χ3v) is 4.04. The van der Waals surface area contributed by atoms with Crippen molar-refractivity contribution in [2.45, 2.75) is 26.7 Å². The fraction of sp³-hybridized carbons (Fsp3) is 0.562. The van der Waals surface area contributed by atoms with Crippen molar-refractivity contribution in [2.24, 2.45) is 5.92 Å². The number of anilines is 1. The van der Waals surface area contributed by atoms with Crippen LogP contribution in [0.2, 0.25) is 0 Å². The Kier molecular flexibility index (Phi) is 5.92. The molecule has 0 spiro atoms. The van der Waals surface area contributed by atoms with E-state index in [1.165, 1.54) is 6.07 Å². The molecule has 1 aliphatic rings. The van der Waals surface area contributed by atoms with Crippen molar-refractivity contribution in [2.75, 3.05) is 31.6 Å². The molecule has 1 aromatic rings.